The number of carbonyl (C=O) groups is 1. The molecular weight excluding hydrogens is 228 g/mol. The van der Waals surface area contributed by atoms with Gasteiger partial charge < -0.3 is 5.73 Å². The Labute approximate surface area is 99.6 Å². The highest BCUT2D eigenvalue weighted by molar-refractivity contribution is 6.29. The quantitative estimate of drug-likeness (QED) is 0.774. The molecular formula is C10H15ClN4O. The SMILES string of the molecule is CCN(CC(N)=O)Cc1nc(C)cc(Cl)n1. The number of aryl methyl sites for hydroxylation is 1. The van der Waals surface area contributed by atoms with Crippen LogP contribution in [0.3, 0.4) is 0 Å². The molecule has 0 saturated heterocycles. The van der Waals surface area contributed by atoms with E-state index in [4.69, 9.17) is 17.3 Å². The minimum Gasteiger partial charge on any atom is -0.369 e. The predicted molar refractivity (Wildman–Crippen MR) is 61.9 cm³/mol. The zero-order valence-corrected chi connectivity index (χ0v) is 10.2. The molecule has 88 valence electrons. The molecule has 0 unspecified atom stereocenters. The van der Waals surface area contributed by atoms with E-state index in [1.807, 2.05) is 18.7 Å². The number of nitrogens with zero attached hydrogens (tertiary/aromatic N) is 3. The summed E-state index contributed by atoms with van der Waals surface area (Å²) < 4.78 is 0. The maximum Gasteiger partial charge on any atom is 0.231 e. The maximum atomic E-state index is 10.8. The summed E-state index contributed by atoms with van der Waals surface area (Å²) in [5, 5.41) is 0.414. The van der Waals surface area contributed by atoms with Gasteiger partial charge in [0.05, 0.1) is 13.1 Å². The number of aromatic nitrogens is 2. The van der Waals surface area contributed by atoms with Crippen molar-refractivity contribution >= 4 is 17.5 Å². The summed E-state index contributed by atoms with van der Waals surface area (Å²) in [5.74, 6) is 0.244. The van der Waals surface area contributed by atoms with Gasteiger partial charge in [0.2, 0.25) is 5.91 Å². The highest BCUT2D eigenvalue weighted by Gasteiger charge is 2.09. The van der Waals surface area contributed by atoms with E-state index < -0.39 is 0 Å². The van der Waals surface area contributed by atoms with Crippen LogP contribution >= 0.6 is 11.6 Å². The molecule has 6 heteroatoms. The first-order valence-electron chi connectivity index (χ1n) is 5.02. The van der Waals surface area contributed by atoms with Crippen LogP contribution in [0.2, 0.25) is 5.15 Å². The monoisotopic (exact) mass is 242 g/mol. The zero-order chi connectivity index (χ0) is 12.1. The Kier molecular flexibility index (Phi) is 4.64. The molecule has 0 radical (unpaired) electrons. The van der Waals surface area contributed by atoms with Gasteiger partial charge in [-0.05, 0) is 19.5 Å². The second-order valence-electron chi connectivity index (χ2n) is 3.52. The van der Waals surface area contributed by atoms with E-state index in [0.717, 1.165) is 5.69 Å². The highest BCUT2D eigenvalue weighted by Crippen LogP contribution is 2.08. The molecule has 0 spiro atoms. The largest absolute Gasteiger partial charge is 0.369 e. The van der Waals surface area contributed by atoms with Crippen LogP contribution in [0.5, 0.6) is 0 Å². The maximum absolute atomic E-state index is 10.8. The number of hydrogen-bond donors (Lipinski definition) is 1. The summed E-state index contributed by atoms with van der Waals surface area (Å²) in [7, 11) is 0. The Balaban J connectivity index is 2.73. The lowest BCUT2D eigenvalue weighted by molar-refractivity contribution is -0.119. The number of carbonyl (C=O) groups excluding carboxylic acids is 1. The number of primary amides is 1. The summed E-state index contributed by atoms with van der Waals surface area (Å²) in [4.78, 5) is 21.0. The molecule has 0 fully saturated rings. The molecule has 0 saturated carbocycles. The molecule has 2 N–H and O–H groups in total. The van der Waals surface area contributed by atoms with E-state index in [-0.39, 0.29) is 12.5 Å². The number of likely N-dealkylation sites (N-methyl/N-ethyl adjacent to an activating group) is 1. The van der Waals surface area contributed by atoms with Crippen LogP contribution < -0.4 is 5.73 Å². The summed E-state index contributed by atoms with van der Waals surface area (Å²) >= 11 is 5.82. The summed E-state index contributed by atoms with van der Waals surface area (Å²) in [6.45, 7) is 5.17. The van der Waals surface area contributed by atoms with Gasteiger partial charge in [0, 0.05) is 5.69 Å². The average molecular weight is 243 g/mol. The van der Waals surface area contributed by atoms with Gasteiger partial charge in [-0.15, -0.1) is 0 Å². The predicted octanol–water partition coefficient (Wildman–Crippen LogP) is 0.746. The summed E-state index contributed by atoms with van der Waals surface area (Å²) in [6.07, 6.45) is 0. The van der Waals surface area contributed by atoms with Crippen molar-refractivity contribution in [2.45, 2.75) is 20.4 Å². The molecule has 0 aromatic carbocycles. The summed E-state index contributed by atoms with van der Waals surface area (Å²) in [6, 6.07) is 1.69. The fraction of sp³-hybridized carbons (Fsp3) is 0.500. The van der Waals surface area contributed by atoms with Crippen molar-refractivity contribution < 1.29 is 4.79 Å². The molecule has 1 heterocycles. The third-order valence-corrected chi connectivity index (χ3v) is 2.25. The minimum absolute atomic E-state index is 0.200. The Morgan fingerprint density at radius 2 is 2.25 bits per heavy atom. The molecule has 1 amide bonds. The van der Waals surface area contributed by atoms with Crippen molar-refractivity contribution in [3.63, 3.8) is 0 Å². The zero-order valence-electron chi connectivity index (χ0n) is 9.40. The lowest BCUT2D eigenvalue weighted by Gasteiger charge is -2.17. The fourth-order valence-corrected chi connectivity index (χ4v) is 1.61. The van der Waals surface area contributed by atoms with E-state index in [1.165, 1.54) is 0 Å². The second-order valence-corrected chi connectivity index (χ2v) is 3.91. The second kappa shape index (κ2) is 5.77. The molecule has 1 aromatic rings. The minimum atomic E-state index is -0.361. The van der Waals surface area contributed by atoms with Crippen molar-refractivity contribution in [1.82, 2.24) is 14.9 Å². The van der Waals surface area contributed by atoms with Crippen LogP contribution in [0.1, 0.15) is 18.4 Å². The molecule has 0 aliphatic rings. The van der Waals surface area contributed by atoms with Crippen molar-refractivity contribution in [3.8, 4) is 0 Å². The molecule has 0 atom stereocenters. The third kappa shape index (κ3) is 4.12. The van der Waals surface area contributed by atoms with Gasteiger partial charge >= 0.3 is 0 Å². The van der Waals surface area contributed by atoms with Crippen LogP contribution in [-0.2, 0) is 11.3 Å². The number of hydrogen-bond acceptors (Lipinski definition) is 4. The van der Waals surface area contributed by atoms with Gasteiger partial charge in [-0.3, -0.25) is 9.69 Å². The van der Waals surface area contributed by atoms with Gasteiger partial charge in [0.1, 0.15) is 11.0 Å². The first-order chi connectivity index (χ1) is 7.51. The Morgan fingerprint density at radius 3 is 2.75 bits per heavy atom. The number of rotatable bonds is 5. The van der Waals surface area contributed by atoms with Gasteiger partial charge in [-0.1, -0.05) is 18.5 Å². The van der Waals surface area contributed by atoms with Crippen LogP contribution in [-0.4, -0.2) is 33.9 Å². The first-order valence-corrected chi connectivity index (χ1v) is 5.39. The van der Waals surface area contributed by atoms with Crippen LogP contribution in [0, 0.1) is 6.92 Å². The normalized spacial score (nSPS) is 10.8. The molecule has 16 heavy (non-hydrogen) atoms. The summed E-state index contributed by atoms with van der Waals surface area (Å²) in [5.41, 5.74) is 5.95. The van der Waals surface area contributed by atoms with Crippen molar-refractivity contribution in [3.05, 3.63) is 22.7 Å². The topological polar surface area (TPSA) is 72.1 Å². The van der Waals surface area contributed by atoms with Crippen LogP contribution in [0.15, 0.2) is 6.07 Å². The van der Waals surface area contributed by atoms with Crippen molar-refractivity contribution in [2.24, 2.45) is 5.73 Å². The van der Waals surface area contributed by atoms with E-state index in [0.29, 0.717) is 24.1 Å². The Bertz CT molecular complexity index is 363. The lowest BCUT2D eigenvalue weighted by atomic mass is 10.4. The van der Waals surface area contributed by atoms with Crippen LogP contribution in [0.25, 0.3) is 0 Å². The molecule has 0 aliphatic heterocycles. The third-order valence-electron chi connectivity index (χ3n) is 2.06. The standard InChI is InChI=1S/C10H15ClN4O/c1-3-15(5-9(12)16)6-10-13-7(2)4-8(11)14-10/h4H,3,5-6H2,1-2H3,(H2,12,16). The van der Waals surface area contributed by atoms with E-state index >= 15 is 0 Å². The van der Waals surface area contributed by atoms with Crippen molar-refractivity contribution in [1.29, 1.82) is 0 Å². The first kappa shape index (κ1) is 12.9. The fourth-order valence-electron chi connectivity index (χ4n) is 1.36. The number of nitrogens with two attached hydrogens (primary N) is 1. The van der Waals surface area contributed by atoms with Gasteiger partial charge in [0.15, 0.2) is 0 Å². The molecule has 0 bridgehead atoms. The molecule has 1 rings (SSSR count). The molecule has 0 aliphatic carbocycles. The Morgan fingerprint density at radius 1 is 1.56 bits per heavy atom. The smallest absolute Gasteiger partial charge is 0.231 e. The molecule has 1 aromatic heterocycles. The Hall–Kier alpha value is -1.20. The van der Waals surface area contributed by atoms with Gasteiger partial charge in [-0.25, -0.2) is 9.97 Å². The number of halogens is 1. The van der Waals surface area contributed by atoms with E-state index in [1.54, 1.807) is 6.07 Å². The van der Waals surface area contributed by atoms with Crippen molar-refractivity contribution in [2.75, 3.05) is 13.1 Å². The molecule has 5 nitrogen and oxygen atoms in total. The van der Waals surface area contributed by atoms with Gasteiger partial charge in [0.25, 0.3) is 0 Å². The van der Waals surface area contributed by atoms with E-state index in [2.05, 4.69) is 9.97 Å². The number of amides is 1. The van der Waals surface area contributed by atoms with E-state index in [9.17, 15) is 4.79 Å². The lowest BCUT2D eigenvalue weighted by Crippen LogP contribution is -2.33. The highest BCUT2D eigenvalue weighted by atomic mass is 35.5. The van der Waals surface area contributed by atoms with Gasteiger partial charge in [-0.2, -0.15) is 0 Å². The van der Waals surface area contributed by atoms with Crippen LogP contribution in [0.4, 0.5) is 0 Å². The average Bonchev–Trinajstić information content (AvgIpc) is 2.14.